The molecule has 70 valence electrons. The van der Waals surface area contributed by atoms with E-state index in [9.17, 15) is 0 Å². The number of hydrogen-bond acceptors (Lipinski definition) is 3. The quantitative estimate of drug-likeness (QED) is 0.623. The summed E-state index contributed by atoms with van der Waals surface area (Å²) < 4.78 is 11.4. The minimum Gasteiger partial charge on any atom is -0.396 e. The summed E-state index contributed by atoms with van der Waals surface area (Å²) in [6, 6.07) is 0. The highest BCUT2D eigenvalue weighted by molar-refractivity contribution is 5.17. The summed E-state index contributed by atoms with van der Waals surface area (Å²) in [5, 5.41) is 8.86. The van der Waals surface area contributed by atoms with E-state index < -0.39 is 0 Å². The van der Waals surface area contributed by atoms with Crippen LogP contribution in [-0.4, -0.2) is 35.1 Å². The van der Waals surface area contributed by atoms with Gasteiger partial charge in [-0.25, -0.2) is 0 Å². The molecule has 2 fully saturated rings. The summed E-state index contributed by atoms with van der Waals surface area (Å²) in [5.41, 5.74) is -0.340. The normalized spacial score (nSPS) is 57.0. The van der Waals surface area contributed by atoms with Crippen LogP contribution in [-0.2, 0) is 9.47 Å². The second-order valence-electron chi connectivity index (χ2n) is 4.23. The molecule has 1 N–H and O–H groups in total. The first-order valence-corrected chi connectivity index (χ1v) is 4.49. The lowest BCUT2D eigenvalue weighted by molar-refractivity contribution is -0.106. The fourth-order valence-electron chi connectivity index (χ4n) is 2.25. The zero-order valence-electron chi connectivity index (χ0n) is 7.83. The molecule has 3 heteroatoms. The van der Waals surface area contributed by atoms with Crippen molar-refractivity contribution in [3.8, 4) is 0 Å². The average molecular weight is 172 g/mol. The van der Waals surface area contributed by atoms with Crippen LogP contribution in [0.4, 0.5) is 0 Å². The van der Waals surface area contributed by atoms with Crippen LogP contribution in [0.15, 0.2) is 0 Å². The van der Waals surface area contributed by atoms with Gasteiger partial charge in [0.1, 0.15) is 11.7 Å². The van der Waals surface area contributed by atoms with E-state index >= 15 is 0 Å². The molecule has 2 saturated heterocycles. The first-order valence-electron chi connectivity index (χ1n) is 4.49. The van der Waals surface area contributed by atoms with Crippen LogP contribution in [0.3, 0.4) is 0 Å². The highest BCUT2D eigenvalue weighted by Gasteiger charge is 2.71. The van der Waals surface area contributed by atoms with E-state index in [-0.39, 0.29) is 30.0 Å². The van der Waals surface area contributed by atoms with Crippen LogP contribution in [0.25, 0.3) is 0 Å². The summed E-state index contributed by atoms with van der Waals surface area (Å²) in [5.74, 6) is 0. The molecule has 4 unspecified atom stereocenters. The van der Waals surface area contributed by atoms with Gasteiger partial charge < -0.3 is 14.6 Å². The van der Waals surface area contributed by atoms with E-state index in [1.807, 2.05) is 13.8 Å². The number of fused-ring (bicyclic) bond motifs is 1. The minimum atomic E-state index is -0.261. The molecule has 2 rings (SSSR count). The Hall–Kier alpha value is -0.120. The van der Waals surface area contributed by atoms with Crippen molar-refractivity contribution in [3.63, 3.8) is 0 Å². The van der Waals surface area contributed by atoms with Crippen LogP contribution < -0.4 is 0 Å². The van der Waals surface area contributed by atoms with E-state index in [0.717, 1.165) is 0 Å². The molecule has 0 spiro atoms. The topological polar surface area (TPSA) is 42.0 Å². The first-order chi connectivity index (χ1) is 5.53. The van der Waals surface area contributed by atoms with Gasteiger partial charge in [-0.15, -0.1) is 0 Å². The smallest absolute Gasteiger partial charge is 0.121 e. The van der Waals surface area contributed by atoms with E-state index in [4.69, 9.17) is 14.6 Å². The summed E-state index contributed by atoms with van der Waals surface area (Å²) in [6.07, 6.45) is 1.00. The molecule has 2 heterocycles. The molecule has 12 heavy (non-hydrogen) atoms. The maximum absolute atomic E-state index is 8.86. The Morgan fingerprint density at radius 1 is 1.33 bits per heavy atom. The molecule has 0 aromatic rings. The van der Waals surface area contributed by atoms with Gasteiger partial charge in [0.25, 0.3) is 0 Å². The van der Waals surface area contributed by atoms with Crippen molar-refractivity contribution in [2.75, 3.05) is 6.61 Å². The predicted octanol–water partition coefficient (Wildman–Crippen LogP) is 0.704. The molecule has 0 aromatic carbocycles. The zero-order chi connectivity index (χ0) is 8.98. The highest BCUT2D eigenvalue weighted by Crippen LogP contribution is 2.55. The van der Waals surface area contributed by atoms with Gasteiger partial charge in [-0.1, -0.05) is 0 Å². The number of hydrogen-bond donors (Lipinski definition) is 1. The molecular weight excluding hydrogens is 156 g/mol. The second kappa shape index (κ2) is 2.22. The Morgan fingerprint density at radius 3 is 2.33 bits per heavy atom. The number of rotatable bonds is 2. The number of aliphatic hydroxyl groups is 1. The monoisotopic (exact) mass is 172 g/mol. The van der Waals surface area contributed by atoms with Gasteiger partial charge in [-0.05, 0) is 20.8 Å². The van der Waals surface area contributed by atoms with Crippen LogP contribution in [0.2, 0.25) is 0 Å². The fraction of sp³-hybridized carbons (Fsp3) is 1.00. The maximum atomic E-state index is 8.86. The Morgan fingerprint density at radius 2 is 2.00 bits per heavy atom. The molecule has 2 aliphatic rings. The summed E-state index contributed by atoms with van der Waals surface area (Å²) in [6.45, 7) is 6.29. The highest BCUT2D eigenvalue weighted by atomic mass is 16.7. The third-order valence-corrected chi connectivity index (χ3v) is 3.25. The molecule has 4 atom stereocenters. The standard InChI is InChI=1S/C9H16O3/c1-6-9(3)7(12-9)8(2,11-6)4-5-10/h6-7,10H,4-5H2,1-3H3. The summed E-state index contributed by atoms with van der Waals surface area (Å²) in [7, 11) is 0. The lowest BCUT2D eigenvalue weighted by Crippen LogP contribution is -2.33. The SMILES string of the molecule is CC1OC(C)(CCO)C2OC12C. The van der Waals surface area contributed by atoms with Crippen LogP contribution in [0.5, 0.6) is 0 Å². The lowest BCUT2D eigenvalue weighted by atomic mass is 9.93. The van der Waals surface area contributed by atoms with E-state index in [1.54, 1.807) is 0 Å². The van der Waals surface area contributed by atoms with Crippen molar-refractivity contribution >= 4 is 0 Å². The molecule has 0 amide bonds. The fourth-order valence-corrected chi connectivity index (χ4v) is 2.25. The molecule has 0 radical (unpaired) electrons. The largest absolute Gasteiger partial charge is 0.396 e. The zero-order valence-corrected chi connectivity index (χ0v) is 7.83. The summed E-state index contributed by atoms with van der Waals surface area (Å²) in [4.78, 5) is 0. The van der Waals surface area contributed by atoms with Gasteiger partial charge in [0, 0.05) is 13.0 Å². The van der Waals surface area contributed by atoms with Crippen LogP contribution in [0.1, 0.15) is 27.2 Å². The lowest BCUT2D eigenvalue weighted by Gasteiger charge is -2.25. The molecule has 0 aromatic heterocycles. The third-order valence-electron chi connectivity index (χ3n) is 3.25. The molecule has 0 saturated carbocycles. The number of epoxide rings is 1. The molecule has 0 bridgehead atoms. The Labute approximate surface area is 72.7 Å². The van der Waals surface area contributed by atoms with Crippen molar-refractivity contribution in [1.82, 2.24) is 0 Å². The van der Waals surface area contributed by atoms with Crippen molar-refractivity contribution < 1.29 is 14.6 Å². The van der Waals surface area contributed by atoms with E-state index in [1.165, 1.54) is 0 Å². The molecule has 2 aliphatic heterocycles. The Bertz CT molecular complexity index is 206. The summed E-state index contributed by atoms with van der Waals surface area (Å²) >= 11 is 0. The third kappa shape index (κ3) is 0.873. The van der Waals surface area contributed by atoms with Gasteiger partial charge in [0.05, 0.1) is 11.7 Å². The van der Waals surface area contributed by atoms with Gasteiger partial charge in [-0.2, -0.15) is 0 Å². The molecular formula is C9H16O3. The van der Waals surface area contributed by atoms with Crippen molar-refractivity contribution in [2.45, 2.75) is 50.6 Å². The van der Waals surface area contributed by atoms with E-state index in [0.29, 0.717) is 6.42 Å². The predicted molar refractivity (Wildman–Crippen MR) is 43.9 cm³/mol. The minimum absolute atomic E-state index is 0.0794. The Balaban J connectivity index is 2.13. The van der Waals surface area contributed by atoms with Crippen LogP contribution >= 0.6 is 0 Å². The maximum Gasteiger partial charge on any atom is 0.121 e. The van der Waals surface area contributed by atoms with Crippen molar-refractivity contribution in [2.24, 2.45) is 0 Å². The molecule has 0 aliphatic carbocycles. The van der Waals surface area contributed by atoms with Gasteiger partial charge >= 0.3 is 0 Å². The number of aliphatic hydroxyl groups excluding tert-OH is 1. The first kappa shape index (κ1) is 8.48. The average Bonchev–Trinajstić information content (AvgIpc) is 2.60. The second-order valence-corrected chi connectivity index (χ2v) is 4.23. The van der Waals surface area contributed by atoms with Crippen molar-refractivity contribution in [1.29, 1.82) is 0 Å². The molecule has 3 nitrogen and oxygen atoms in total. The number of ether oxygens (including phenoxy) is 2. The Kier molecular flexibility index (Phi) is 1.57. The van der Waals surface area contributed by atoms with Crippen molar-refractivity contribution in [3.05, 3.63) is 0 Å². The van der Waals surface area contributed by atoms with Crippen LogP contribution in [0, 0.1) is 0 Å². The van der Waals surface area contributed by atoms with Gasteiger partial charge in [-0.3, -0.25) is 0 Å². The van der Waals surface area contributed by atoms with Gasteiger partial charge in [0.2, 0.25) is 0 Å². The van der Waals surface area contributed by atoms with Gasteiger partial charge in [0.15, 0.2) is 0 Å². The van der Waals surface area contributed by atoms with E-state index in [2.05, 4.69) is 6.92 Å².